The van der Waals surface area contributed by atoms with Crippen molar-refractivity contribution in [2.45, 2.75) is 61.4 Å². The molecule has 2 saturated heterocycles. The van der Waals surface area contributed by atoms with Crippen LogP contribution < -0.4 is 0 Å². The van der Waals surface area contributed by atoms with E-state index >= 15 is 0 Å². The van der Waals surface area contributed by atoms with Gasteiger partial charge >= 0.3 is 0 Å². The van der Waals surface area contributed by atoms with E-state index in [-0.39, 0.29) is 0 Å². The average Bonchev–Trinajstić information content (AvgIpc) is 2.54. The van der Waals surface area contributed by atoms with Crippen molar-refractivity contribution in [3.05, 3.63) is 0 Å². The first-order valence-corrected chi connectivity index (χ1v) is 7.08. The lowest BCUT2D eigenvalue weighted by Crippen LogP contribution is -2.64. The Morgan fingerprint density at radius 3 is 1.78 bits per heavy atom. The van der Waals surface area contributed by atoms with E-state index in [1.54, 1.807) is 0 Å². The van der Waals surface area contributed by atoms with Gasteiger partial charge in [0, 0.05) is 0 Å². The Morgan fingerprint density at radius 1 is 0.652 bits per heavy atom. The van der Waals surface area contributed by atoms with E-state index in [2.05, 4.69) is 0 Å². The second-order valence-electron chi connectivity index (χ2n) is 5.53. The lowest BCUT2D eigenvalue weighted by Gasteiger charge is -2.45. The number of ether oxygens (including phenoxy) is 3. The molecule has 10 atom stereocenters. The van der Waals surface area contributed by atoms with Crippen LogP contribution in [0.2, 0.25) is 0 Å². The topological polar surface area (TPSA) is 190 Å². The molecule has 0 aromatic rings. The second-order valence-corrected chi connectivity index (χ2v) is 5.53. The molecule has 8 N–H and O–H groups in total. The van der Waals surface area contributed by atoms with Crippen LogP contribution in [0.15, 0.2) is 0 Å². The van der Waals surface area contributed by atoms with Crippen molar-refractivity contribution in [2.75, 3.05) is 13.2 Å². The molecule has 2 aliphatic rings. The molecular weight excluding hydrogens is 320 g/mol. The van der Waals surface area contributed by atoms with Crippen LogP contribution in [0.4, 0.5) is 0 Å². The van der Waals surface area contributed by atoms with Crippen LogP contribution >= 0.6 is 0 Å². The van der Waals surface area contributed by atoms with Gasteiger partial charge in [-0.25, -0.2) is 0 Å². The Balaban J connectivity index is 2.11. The van der Waals surface area contributed by atoms with Gasteiger partial charge in [-0.15, -0.1) is 0 Å². The SMILES string of the molecule is OC[C@H]1OC(O[C@H]2[C@H](O)[C@@H](CO)OC(O)[C@H]2O)[C@H](O)[C@@H](O)[C@H]1O. The van der Waals surface area contributed by atoms with E-state index in [1.807, 2.05) is 0 Å². The molecule has 2 heterocycles. The quantitative estimate of drug-likeness (QED) is 0.243. The summed E-state index contributed by atoms with van der Waals surface area (Å²) in [5.41, 5.74) is 0. The molecule has 0 aromatic heterocycles. The van der Waals surface area contributed by atoms with Gasteiger partial charge in [0.05, 0.1) is 13.2 Å². The summed E-state index contributed by atoms with van der Waals surface area (Å²) in [4.78, 5) is 0. The predicted octanol–water partition coefficient (Wildman–Crippen LogP) is -5.40. The molecule has 0 bridgehead atoms. The van der Waals surface area contributed by atoms with Gasteiger partial charge in [0.25, 0.3) is 0 Å². The summed E-state index contributed by atoms with van der Waals surface area (Å²) in [6, 6.07) is 0. The fraction of sp³-hybridized carbons (Fsp3) is 1.00. The molecule has 0 amide bonds. The van der Waals surface area contributed by atoms with Crippen LogP contribution in [-0.4, -0.2) is 115 Å². The second kappa shape index (κ2) is 7.63. The van der Waals surface area contributed by atoms with Gasteiger partial charge in [0.1, 0.15) is 48.8 Å². The van der Waals surface area contributed by atoms with Crippen LogP contribution in [-0.2, 0) is 14.2 Å². The summed E-state index contributed by atoms with van der Waals surface area (Å²) < 4.78 is 15.1. The number of rotatable bonds is 4. The summed E-state index contributed by atoms with van der Waals surface area (Å²) in [6.45, 7) is -1.34. The van der Waals surface area contributed by atoms with Crippen LogP contribution in [0.3, 0.4) is 0 Å². The van der Waals surface area contributed by atoms with Crippen molar-refractivity contribution >= 4 is 0 Å². The van der Waals surface area contributed by atoms with Crippen molar-refractivity contribution in [3.8, 4) is 0 Å². The predicted molar refractivity (Wildman–Crippen MR) is 68.6 cm³/mol. The molecule has 0 aromatic carbocycles. The Labute approximate surface area is 130 Å². The fourth-order valence-corrected chi connectivity index (χ4v) is 2.56. The normalized spacial score (nSPS) is 51.7. The van der Waals surface area contributed by atoms with E-state index in [0.717, 1.165) is 0 Å². The highest BCUT2D eigenvalue weighted by Crippen LogP contribution is 2.28. The Bertz CT molecular complexity index is 380. The third-order valence-corrected chi connectivity index (χ3v) is 3.98. The molecule has 0 saturated carbocycles. The Kier molecular flexibility index (Phi) is 6.27. The molecule has 2 rings (SSSR count). The van der Waals surface area contributed by atoms with Crippen LogP contribution in [0.5, 0.6) is 0 Å². The summed E-state index contributed by atoms with van der Waals surface area (Å²) in [7, 11) is 0. The molecule has 0 aliphatic carbocycles. The summed E-state index contributed by atoms with van der Waals surface area (Å²) >= 11 is 0. The molecule has 11 heteroatoms. The molecule has 0 spiro atoms. The highest BCUT2D eigenvalue weighted by molar-refractivity contribution is 4.93. The van der Waals surface area contributed by atoms with E-state index < -0.39 is 74.6 Å². The number of aliphatic hydroxyl groups excluding tert-OH is 8. The zero-order chi connectivity index (χ0) is 17.3. The van der Waals surface area contributed by atoms with Crippen molar-refractivity contribution in [1.29, 1.82) is 0 Å². The lowest BCUT2D eigenvalue weighted by atomic mass is 9.97. The summed E-state index contributed by atoms with van der Waals surface area (Å²) in [6.07, 6.45) is -15.7. The van der Waals surface area contributed by atoms with Crippen LogP contribution in [0, 0.1) is 0 Å². The zero-order valence-electron chi connectivity index (χ0n) is 12.0. The van der Waals surface area contributed by atoms with E-state index in [0.29, 0.717) is 0 Å². The van der Waals surface area contributed by atoms with Crippen molar-refractivity contribution in [1.82, 2.24) is 0 Å². The molecule has 23 heavy (non-hydrogen) atoms. The van der Waals surface area contributed by atoms with E-state index in [4.69, 9.17) is 24.4 Å². The average molecular weight is 342 g/mol. The molecule has 11 nitrogen and oxygen atoms in total. The van der Waals surface area contributed by atoms with Gasteiger partial charge in [0.2, 0.25) is 0 Å². The Morgan fingerprint density at radius 2 is 1.22 bits per heavy atom. The van der Waals surface area contributed by atoms with Gasteiger partial charge in [-0.3, -0.25) is 0 Å². The third-order valence-electron chi connectivity index (χ3n) is 3.98. The lowest BCUT2D eigenvalue weighted by molar-refractivity contribution is -0.355. The molecular formula is C12H22O11. The van der Waals surface area contributed by atoms with Crippen LogP contribution in [0.25, 0.3) is 0 Å². The minimum Gasteiger partial charge on any atom is -0.394 e. The van der Waals surface area contributed by atoms with Gasteiger partial charge in [0.15, 0.2) is 12.6 Å². The first-order valence-electron chi connectivity index (χ1n) is 7.08. The maximum Gasteiger partial charge on any atom is 0.187 e. The van der Waals surface area contributed by atoms with Crippen molar-refractivity contribution < 1.29 is 55.1 Å². The first kappa shape index (κ1) is 18.9. The largest absolute Gasteiger partial charge is 0.394 e. The molecule has 136 valence electrons. The minimum atomic E-state index is -1.76. The molecule has 0 radical (unpaired) electrons. The van der Waals surface area contributed by atoms with Gasteiger partial charge < -0.3 is 55.1 Å². The van der Waals surface area contributed by atoms with Gasteiger partial charge in [-0.1, -0.05) is 0 Å². The first-order chi connectivity index (χ1) is 10.8. The Hall–Kier alpha value is -0.440. The molecule has 2 aliphatic heterocycles. The van der Waals surface area contributed by atoms with Crippen LogP contribution in [0.1, 0.15) is 0 Å². The standard InChI is InChI=1S/C12H22O11/c13-1-3-5(15)7(17)8(18)12(22-3)23-10-6(16)4(2-14)21-11(20)9(10)19/h3-20H,1-2H2/t3-,4-,5+,6-,7+,8-,9+,10+,11?,12?/m1/s1. The monoisotopic (exact) mass is 342 g/mol. The van der Waals surface area contributed by atoms with E-state index in [9.17, 15) is 30.6 Å². The third kappa shape index (κ3) is 3.65. The molecule has 2 unspecified atom stereocenters. The highest BCUT2D eigenvalue weighted by Gasteiger charge is 2.50. The number of aliphatic hydroxyl groups is 8. The highest BCUT2D eigenvalue weighted by atomic mass is 16.7. The fourth-order valence-electron chi connectivity index (χ4n) is 2.56. The number of hydrogen-bond acceptors (Lipinski definition) is 11. The number of hydrogen-bond donors (Lipinski definition) is 8. The summed E-state index contributed by atoms with van der Waals surface area (Å²) in [5, 5.41) is 76.8. The van der Waals surface area contributed by atoms with Gasteiger partial charge in [-0.2, -0.15) is 0 Å². The van der Waals surface area contributed by atoms with Gasteiger partial charge in [-0.05, 0) is 0 Å². The van der Waals surface area contributed by atoms with Crippen molar-refractivity contribution in [2.24, 2.45) is 0 Å². The minimum absolute atomic E-state index is 0.667. The maximum absolute atomic E-state index is 10.00. The smallest absolute Gasteiger partial charge is 0.187 e. The van der Waals surface area contributed by atoms with E-state index in [1.165, 1.54) is 0 Å². The zero-order valence-corrected chi connectivity index (χ0v) is 12.0. The van der Waals surface area contributed by atoms with Crippen molar-refractivity contribution in [3.63, 3.8) is 0 Å². The summed E-state index contributed by atoms with van der Waals surface area (Å²) in [5.74, 6) is 0. The maximum atomic E-state index is 10.00. The molecule has 2 fully saturated rings.